The summed E-state index contributed by atoms with van der Waals surface area (Å²) in [6.07, 6.45) is 4.48. The fourth-order valence-corrected chi connectivity index (χ4v) is 2.92. The first kappa shape index (κ1) is 18.7. The minimum atomic E-state index is -0.442. The Kier molecular flexibility index (Phi) is 6.26. The van der Waals surface area contributed by atoms with Gasteiger partial charge in [-0.1, -0.05) is 30.3 Å². The average molecular weight is 366 g/mol. The molecule has 1 atom stereocenters. The van der Waals surface area contributed by atoms with Gasteiger partial charge in [0, 0.05) is 18.9 Å². The van der Waals surface area contributed by atoms with E-state index in [9.17, 15) is 13.6 Å². The van der Waals surface area contributed by atoms with E-state index in [1.807, 2.05) is 12.1 Å². The summed E-state index contributed by atoms with van der Waals surface area (Å²) in [7, 11) is 0. The number of halogens is 2. The van der Waals surface area contributed by atoms with Crippen molar-refractivity contribution in [1.82, 2.24) is 10.3 Å². The second-order valence-corrected chi connectivity index (χ2v) is 6.34. The van der Waals surface area contributed by atoms with Crippen molar-refractivity contribution in [3.8, 4) is 0 Å². The number of carbonyl (C=O) groups excluding carboxylic acids is 1. The van der Waals surface area contributed by atoms with Crippen LogP contribution in [0.15, 0.2) is 73.1 Å². The van der Waals surface area contributed by atoms with Crippen LogP contribution in [-0.4, -0.2) is 17.4 Å². The van der Waals surface area contributed by atoms with Gasteiger partial charge in [-0.25, -0.2) is 8.78 Å². The number of carbonyl (C=O) groups is 1. The number of hydrogen-bond donors (Lipinski definition) is 1. The highest BCUT2D eigenvalue weighted by Crippen LogP contribution is 2.21. The Labute approximate surface area is 157 Å². The minimum Gasteiger partial charge on any atom is -0.355 e. The quantitative estimate of drug-likeness (QED) is 0.686. The van der Waals surface area contributed by atoms with Gasteiger partial charge in [-0.2, -0.15) is 0 Å². The second kappa shape index (κ2) is 9.03. The molecular formula is C22H20F2N2O. The molecule has 0 bridgehead atoms. The summed E-state index contributed by atoms with van der Waals surface area (Å²) in [5.74, 6) is -1.19. The van der Waals surface area contributed by atoms with Crippen molar-refractivity contribution < 1.29 is 13.6 Å². The highest BCUT2D eigenvalue weighted by Gasteiger charge is 2.21. The summed E-state index contributed by atoms with van der Waals surface area (Å²) in [6, 6.07) is 15.9. The van der Waals surface area contributed by atoms with E-state index in [-0.39, 0.29) is 17.5 Å². The first-order chi connectivity index (χ1) is 13.1. The van der Waals surface area contributed by atoms with Crippen LogP contribution in [0.4, 0.5) is 8.78 Å². The van der Waals surface area contributed by atoms with Crippen molar-refractivity contribution in [2.45, 2.75) is 18.8 Å². The molecule has 1 N–H and O–H groups in total. The molecular weight excluding hydrogens is 346 g/mol. The molecule has 0 aliphatic rings. The van der Waals surface area contributed by atoms with Crippen LogP contribution in [0.2, 0.25) is 0 Å². The van der Waals surface area contributed by atoms with Crippen LogP contribution < -0.4 is 5.32 Å². The molecule has 3 nitrogen and oxygen atoms in total. The zero-order chi connectivity index (χ0) is 19.1. The van der Waals surface area contributed by atoms with Crippen molar-refractivity contribution in [1.29, 1.82) is 0 Å². The van der Waals surface area contributed by atoms with E-state index in [1.54, 1.807) is 36.7 Å². The predicted octanol–water partition coefficient (Wildman–Crippen LogP) is 4.05. The molecule has 1 aromatic heterocycles. The molecule has 3 rings (SSSR count). The molecule has 0 radical (unpaired) electrons. The summed E-state index contributed by atoms with van der Waals surface area (Å²) in [6.45, 7) is 0.440. The highest BCUT2D eigenvalue weighted by atomic mass is 19.1. The lowest BCUT2D eigenvalue weighted by Crippen LogP contribution is -2.32. The Hall–Kier alpha value is -3.08. The Morgan fingerprint density at radius 3 is 2.22 bits per heavy atom. The fraction of sp³-hybridized carbons (Fsp3) is 0.182. The van der Waals surface area contributed by atoms with E-state index in [0.29, 0.717) is 19.4 Å². The molecule has 0 saturated heterocycles. The monoisotopic (exact) mass is 366 g/mol. The van der Waals surface area contributed by atoms with E-state index >= 15 is 0 Å². The van der Waals surface area contributed by atoms with Gasteiger partial charge in [0.05, 0.1) is 5.92 Å². The molecule has 0 aliphatic heterocycles. The maximum Gasteiger partial charge on any atom is 0.227 e. The van der Waals surface area contributed by atoms with E-state index < -0.39 is 5.92 Å². The van der Waals surface area contributed by atoms with Gasteiger partial charge in [0.2, 0.25) is 5.91 Å². The molecule has 5 heteroatoms. The van der Waals surface area contributed by atoms with Gasteiger partial charge in [0.15, 0.2) is 0 Å². The normalized spacial score (nSPS) is 11.8. The zero-order valence-corrected chi connectivity index (χ0v) is 14.7. The molecule has 0 saturated carbocycles. The first-order valence-electron chi connectivity index (χ1n) is 8.78. The van der Waals surface area contributed by atoms with Gasteiger partial charge >= 0.3 is 0 Å². The number of rotatable bonds is 7. The number of hydrogen-bond acceptors (Lipinski definition) is 2. The number of pyridine rings is 1. The van der Waals surface area contributed by atoms with Crippen molar-refractivity contribution >= 4 is 5.91 Å². The second-order valence-electron chi connectivity index (χ2n) is 6.34. The van der Waals surface area contributed by atoms with Crippen LogP contribution in [0.5, 0.6) is 0 Å². The number of amides is 1. The van der Waals surface area contributed by atoms with Crippen molar-refractivity contribution in [2.75, 3.05) is 6.54 Å². The summed E-state index contributed by atoms with van der Waals surface area (Å²) < 4.78 is 26.2. The molecule has 0 fully saturated rings. The molecule has 0 spiro atoms. The summed E-state index contributed by atoms with van der Waals surface area (Å²) in [4.78, 5) is 16.9. The lowest BCUT2D eigenvalue weighted by atomic mass is 9.91. The van der Waals surface area contributed by atoms with Crippen molar-refractivity contribution in [3.63, 3.8) is 0 Å². The Balaban J connectivity index is 1.68. The number of benzene rings is 2. The molecule has 0 aliphatic carbocycles. The molecule has 1 heterocycles. The van der Waals surface area contributed by atoms with Crippen LogP contribution in [0.3, 0.4) is 0 Å². The molecule has 2 aromatic carbocycles. The highest BCUT2D eigenvalue weighted by molar-refractivity contribution is 5.84. The molecule has 3 aromatic rings. The third kappa shape index (κ3) is 5.45. The Morgan fingerprint density at radius 1 is 0.926 bits per heavy atom. The van der Waals surface area contributed by atoms with Gasteiger partial charge in [0.25, 0.3) is 0 Å². The zero-order valence-electron chi connectivity index (χ0n) is 14.7. The number of nitrogens with one attached hydrogen (secondary N) is 1. The van der Waals surface area contributed by atoms with Crippen LogP contribution in [0.1, 0.15) is 22.6 Å². The maximum absolute atomic E-state index is 13.3. The Bertz CT molecular complexity index is 865. The fourth-order valence-electron chi connectivity index (χ4n) is 2.92. The van der Waals surface area contributed by atoms with Crippen LogP contribution in [-0.2, 0) is 17.6 Å². The predicted molar refractivity (Wildman–Crippen MR) is 100 cm³/mol. The average Bonchev–Trinajstić information content (AvgIpc) is 2.69. The van der Waals surface area contributed by atoms with Crippen molar-refractivity contribution in [2.24, 2.45) is 0 Å². The first-order valence-corrected chi connectivity index (χ1v) is 8.78. The topological polar surface area (TPSA) is 42.0 Å². The molecule has 1 unspecified atom stereocenters. The Morgan fingerprint density at radius 2 is 1.59 bits per heavy atom. The van der Waals surface area contributed by atoms with Gasteiger partial charge in [-0.05, 0) is 59.9 Å². The standard InChI is InChI=1S/C22H20F2N2O/c23-19-7-3-16(4-8-19)11-13-26-22(27)21(14-17-2-1-12-25-15-17)18-5-9-20(24)10-6-18/h1-10,12,15,21H,11,13-14H2,(H,26,27). The van der Waals surface area contributed by atoms with E-state index in [1.165, 1.54) is 24.3 Å². The molecule has 27 heavy (non-hydrogen) atoms. The van der Waals surface area contributed by atoms with E-state index in [2.05, 4.69) is 10.3 Å². The van der Waals surface area contributed by atoms with Gasteiger partial charge in [0.1, 0.15) is 11.6 Å². The third-order valence-electron chi connectivity index (χ3n) is 4.38. The van der Waals surface area contributed by atoms with Crippen molar-refractivity contribution in [3.05, 3.63) is 101 Å². The van der Waals surface area contributed by atoms with Crippen LogP contribution >= 0.6 is 0 Å². The van der Waals surface area contributed by atoms with Crippen LogP contribution in [0.25, 0.3) is 0 Å². The maximum atomic E-state index is 13.3. The summed E-state index contributed by atoms with van der Waals surface area (Å²) in [5, 5.41) is 2.93. The minimum absolute atomic E-state index is 0.132. The summed E-state index contributed by atoms with van der Waals surface area (Å²) in [5.41, 5.74) is 2.63. The smallest absolute Gasteiger partial charge is 0.227 e. The largest absolute Gasteiger partial charge is 0.355 e. The third-order valence-corrected chi connectivity index (χ3v) is 4.38. The number of nitrogens with zero attached hydrogens (tertiary/aromatic N) is 1. The van der Waals surface area contributed by atoms with Crippen LogP contribution in [0, 0.1) is 11.6 Å². The lowest BCUT2D eigenvalue weighted by Gasteiger charge is -2.17. The molecule has 138 valence electrons. The SMILES string of the molecule is O=C(NCCc1ccc(F)cc1)C(Cc1cccnc1)c1ccc(F)cc1. The summed E-state index contributed by atoms with van der Waals surface area (Å²) >= 11 is 0. The van der Waals surface area contributed by atoms with Gasteiger partial charge in [-0.15, -0.1) is 0 Å². The van der Waals surface area contributed by atoms with E-state index in [4.69, 9.17) is 0 Å². The van der Waals surface area contributed by atoms with Gasteiger partial charge < -0.3 is 5.32 Å². The lowest BCUT2D eigenvalue weighted by molar-refractivity contribution is -0.122. The van der Waals surface area contributed by atoms with E-state index in [0.717, 1.165) is 16.7 Å². The van der Waals surface area contributed by atoms with Gasteiger partial charge in [-0.3, -0.25) is 9.78 Å². The molecule has 1 amide bonds. The number of aromatic nitrogens is 1.